The molecule has 1 heterocycles. The lowest BCUT2D eigenvalue weighted by atomic mass is 9.87. The third-order valence-electron chi connectivity index (χ3n) is 3.35. The van der Waals surface area contributed by atoms with Crippen LogP contribution < -0.4 is 4.74 Å². The maximum Gasteiger partial charge on any atom is 0.307 e. The van der Waals surface area contributed by atoms with Crippen LogP contribution in [0, 0.1) is 0 Å². The Morgan fingerprint density at radius 1 is 1.44 bits per heavy atom. The lowest BCUT2D eigenvalue weighted by Gasteiger charge is -2.24. The van der Waals surface area contributed by atoms with Crippen LogP contribution in [-0.2, 0) is 16.0 Å². The van der Waals surface area contributed by atoms with Crippen LogP contribution in [0.3, 0.4) is 0 Å². The highest BCUT2D eigenvalue weighted by molar-refractivity contribution is 5.71. The van der Waals surface area contributed by atoms with Crippen molar-refractivity contribution in [3.63, 3.8) is 0 Å². The van der Waals surface area contributed by atoms with E-state index in [9.17, 15) is 4.79 Å². The number of rotatable bonds is 4. The second-order valence-corrected chi connectivity index (χ2v) is 4.52. The Labute approximate surface area is 107 Å². The number of hydrogen-bond donors (Lipinski definition) is 1. The first kappa shape index (κ1) is 12.9. The fourth-order valence-electron chi connectivity index (χ4n) is 2.43. The highest BCUT2D eigenvalue weighted by atomic mass is 16.5. The molecule has 4 heteroatoms. The van der Waals surface area contributed by atoms with Crippen LogP contribution in [0.5, 0.6) is 5.75 Å². The van der Waals surface area contributed by atoms with Crippen molar-refractivity contribution in [1.82, 2.24) is 0 Å². The molecule has 0 radical (unpaired) electrons. The van der Waals surface area contributed by atoms with E-state index in [1.165, 1.54) is 0 Å². The van der Waals surface area contributed by atoms with E-state index in [2.05, 4.69) is 0 Å². The normalized spacial score (nSPS) is 16.5. The molecule has 0 saturated carbocycles. The maximum absolute atomic E-state index is 10.9. The Morgan fingerprint density at radius 2 is 2.17 bits per heavy atom. The monoisotopic (exact) mass is 250 g/mol. The molecule has 18 heavy (non-hydrogen) atoms. The number of ether oxygens (including phenoxy) is 2. The number of carbonyl (C=O) groups is 1. The molecule has 0 aliphatic carbocycles. The molecule has 1 N–H and O–H groups in total. The van der Waals surface area contributed by atoms with Gasteiger partial charge in [0.05, 0.1) is 13.5 Å². The fraction of sp³-hybridized carbons (Fsp3) is 0.500. The van der Waals surface area contributed by atoms with Crippen molar-refractivity contribution in [2.75, 3.05) is 20.3 Å². The number of methoxy groups -OCH3 is 1. The summed E-state index contributed by atoms with van der Waals surface area (Å²) < 4.78 is 10.5. The lowest BCUT2D eigenvalue weighted by molar-refractivity contribution is -0.136. The van der Waals surface area contributed by atoms with Gasteiger partial charge in [0, 0.05) is 13.2 Å². The van der Waals surface area contributed by atoms with E-state index < -0.39 is 5.97 Å². The second kappa shape index (κ2) is 5.87. The van der Waals surface area contributed by atoms with Gasteiger partial charge in [-0.25, -0.2) is 0 Å². The molecule has 0 amide bonds. The van der Waals surface area contributed by atoms with Crippen LogP contribution in [0.1, 0.15) is 29.9 Å². The van der Waals surface area contributed by atoms with E-state index in [4.69, 9.17) is 14.6 Å². The lowest BCUT2D eigenvalue weighted by Crippen LogP contribution is -2.16. The highest BCUT2D eigenvalue weighted by Crippen LogP contribution is 2.31. The molecular weight excluding hydrogens is 232 g/mol. The van der Waals surface area contributed by atoms with Crippen molar-refractivity contribution < 1.29 is 19.4 Å². The van der Waals surface area contributed by atoms with Crippen molar-refractivity contribution in [2.24, 2.45) is 0 Å². The van der Waals surface area contributed by atoms with Gasteiger partial charge in [-0.05, 0) is 42.0 Å². The zero-order valence-corrected chi connectivity index (χ0v) is 10.5. The van der Waals surface area contributed by atoms with E-state index in [-0.39, 0.29) is 6.42 Å². The summed E-state index contributed by atoms with van der Waals surface area (Å²) in [6.07, 6.45) is 1.96. The van der Waals surface area contributed by atoms with Crippen LogP contribution in [0.4, 0.5) is 0 Å². The highest BCUT2D eigenvalue weighted by Gasteiger charge is 2.20. The zero-order chi connectivity index (χ0) is 13.0. The molecular formula is C14H18O4. The van der Waals surface area contributed by atoms with Crippen molar-refractivity contribution in [3.05, 3.63) is 29.3 Å². The van der Waals surface area contributed by atoms with Gasteiger partial charge in [0.25, 0.3) is 0 Å². The summed E-state index contributed by atoms with van der Waals surface area (Å²) in [5, 5.41) is 8.99. The van der Waals surface area contributed by atoms with Gasteiger partial charge in [0.1, 0.15) is 5.75 Å². The quantitative estimate of drug-likeness (QED) is 0.890. The number of benzene rings is 1. The van der Waals surface area contributed by atoms with Gasteiger partial charge < -0.3 is 14.6 Å². The topological polar surface area (TPSA) is 55.8 Å². The van der Waals surface area contributed by atoms with Crippen LogP contribution in [0.25, 0.3) is 0 Å². The molecule has 4 nitrogen and oxygen atoms in total. The Hall–Kier alpha value is -1.55. The zero-order valence-electron chi connectivity index (χ0n) is 10.5. The van der Waals surface area contributed by atoms with E-state index in [0.29, 0.717) is 11.7 Å². The van der Waals surface area contributed by atoms with Crippen molar-refractivity contribution in [1.29, 1.82) is 0 Å². The first-order valence-electron chi connectivity index (χ1n) is 6.17. The Morgan fingerprint density at radius 3 is 2.78 bits per heavy atom. The molecule has 0 bridgehead atoms. The Bertz CT molecular complexity index is 422. The molecule has 1 aromatic carbocycles. The van der Waals surface area contributed by atoms with Crippen molar-refractivity contribution >= 4 is 5.97 Å². The third kappa shape index (κ3) is 3.01. The first-order chi connectivity index (χ1) is 8.70. The minimum Gasteiger partial charge on any atom is -0.497 e. The van der Waals surface area contributed by atoms with Gasteiger partial charge in [-0.2, -0.15) is 0 Å². The number of hydrogen-bond acceptors (Lipinski definition) is 3. The van der Waals surface area contributed by atoms with E-state index in [0.717, 1.165) is 37.2 Å². The third-order valence-corrected chi connectivity index (χ3v) is 3.35. The van der Waals surface area contributed by atoms with Crippen molar-refractivity contribution in [3.8, 4) is 5.75 Å². The summed E-state index contributed by atoms with van der Waals surface area (Å²) >= 11 is 0. The van der Waals surface area contributed by atoms with Crippen LogP contribution >= 0.6 is 0 Å². The Kier molecular flexibility index (Phi) is 4.20. The Balaban J connectivity index is 2.28. The smallest absolute Gasteiger partial charge is 0.307 e. The molecule has 1 aromatic rings. The molecule has 1 fully saturated rings. The molecule has 98 valence electrons. The van der Waals surface area contributed by atoms with E-state index in [1.54, 1.807) is 7.11 Å². The molecule has 1 saturated heterocycles. The van der Waals surface area contributed by atoms with Gasteiger partial charge in [-0.3, -0.25) is 4.79 Å². The summed E-state index contributed by atoms with van der Waals surface area (Å²) in [4.78, 5) is 10.9. The van der Waals surface area contributed by atoms with Crippen molar-refractivity contribution in [2.45, 2.75) is 25.2 Å². The molecule has 0 spiro atoms. The molecule has 1 aliphatic heterocycles. The fourth-order valence-corrected chi connectivity index (χ4v) is 2.43. The SMILES string of the molecule is COc1ccc(C2CCOCC2)c(CC(=O)O)c1. The van der Waals surface area contributed by atoms with Gasteiger partial charge >= 0.3 is 5.97 Å². The van der Waals surface area contributed by atoms with Crippen LogP contribution in [0.15, 0.2) is 18.2 Å². The largest absolute Gasteiger partial charge is 0.497 e. The maximum atomic E-state index is 10.9. The molecule has 0 unspecified atom stereocenters. The number of carboxylic acid groups (broad SMARTS) is 1. The van der Waals surface area contributed by atoms with Gasteiger partial charge in [-0.1, -0.05) is 6.07 Å². The van der Waals surface area contributed by atoms with E-state index in [1.807, 2.05) is 18.2 Å². The van der Waals surface area contributed by atoms with E-state index >= 15 is 0 Å². The predicted octanol–water partition coefficient (Wildman–Crippen LogP) is 2.22. The summed E-state index contributed by atoms with van der Waals surface area (Å²) in [7, 11) is 1.59. The summed E-state index contributed by atoms with van der Waals surface area (Å²) in [6.45, 7) is 1.51. The molecule has 0 atom stereocenters. The molecule has 2 rings (SSSR count). The predicted molar refractivity (Wildman–Crippen MR) is 67.1 cm³/mol. The second-order valence-electron chi connectivity index (χ2n) is 4.52. The summed E-state index contributed by atoms with van der Waals surface area (Å²) in [6, 6.07) is 5.72. The molecule has 1 aliphatic rings. The number of aliphatic carboxylic acids is 1. The van der Waals surface area contributed by atoms with Gasteiger partial charge in [0.2, 0.25) is 0 Å². The van der Waals surface area contributed by atoms with Gasteiger partial charge in [-0.15, -0.1) is 0 Å². The average Bonchev–Trinajstić information content (AvgIpc) is 2.39. The summed E-state index contributed by atoms with van der Waals surface area (Å²) in [5.74, 6) is 0.303. The minimum atomic E-state index is -0.809. The van der Waals surface area contributed by atoms with Gasteiger partial charge in [0.15, 0.2) is 0 Å². The minimum absolute atomic E-state index is 0.0455. The average molecular weight is 250 g/mol. The van der Waals surface area contributed by atoms with Crippen LogP contribution in [0.2, 0.25) is 0 Å². The number of carboxylic acids is 1. The summed E-state index contributed by atoms with van der Waals surface area (Å²) in [5.41, 5.74) is 1.98. The molecule has 0 aromatic heterocycles. The first-order valence-corrected chi connectivity index (χ1v) is 6.17. The standard InChI is InChI=1S/C14H18O4/c1-17-12-2-3-13(10-4-6-18-7-5-10)11(8-12)9-14(15)16/h2-3,8,10H,4-7,9H2,1H3,(H,15,16). The van der Waals surface area contributed by atoms with Crippen LogP contribution in [-0.4, -0.2) is 31.4 Å².